The Balaban J connectivity index is 1.35. The molecule has 1 aromatic rings. The summed E-state index contributed by atoms with van der Waals surface area (Å²) >= 11 is 0. The first-order chi connectivity index (χ1) is 11.8. The van der Waals surface area contributed by atoms with E-state index in [0.29, 0.717) is 11.8 Å². The third-order valence-corrected chi connectivity index (χ3v) is 5.49. The fourth-order valence-corrected chi connectivity index (χ4v) is 3.92. The van der Waals surface area contributed by atoms with E-state index in [1.165, 1.54) is 24.8 Å². The molecule has 0 bridgehead atoms. The molecule has 3 rings (SSSR count). The molecule has 0 aromatic heterocycles. The minimum atomic E-state index is 0.326. The summed E-state index contributed by atoms with van der Waals surface area (Å²) in [5.41, 5.74) is 1.37. The van der Waals surface area contributed by atoms with Crippen LogP contribution in [0.2, 0.25) is 0 Å². The van der Waals surface area contributed by atoms with E-state index in [2.05, 4.69) is 21.9 Å². The van der Waals surface area contributed by atoms with Gasteiger partial charge in [0.2, 0.25) is 5.91 Å². The van der Waals surface area contributed by atoms with E-state index < -0.39 is 0 Å². The van der Waals surface area contributed by atoms with Crippen molar-refractivity contribution in [3.8, 4) is 5.75 Å². The van der Waals surface area contributed by atoms with Gasteiger partial charge in [-0.15, -0.1) is 0 Å². The zero-order valence-corrected chi connectivity index (χ0v) is 14.9. The van der Waals surface area contributed by atoms with Crippen LogP contribution < -0.4 is 4.74 Å². The molecule has 1 aliphatic heterocycles. The largest absolute Gasteiger partial charge is 0.497 e. The molecule has 2 aliphatic rings. The summed E-state index contributed by atoms with van der Waals surface area (Å²) in [5.74, 6) is 1.67. The predicted molar refractivity (Wildman–Crippen MR) is 96.3 cm³/mol. The highest BCUT2D eigenvalue weighted by Gasteiger charge is 2.29. The Morgan fingerprint density at radius 1 is 1.08 bits per heavy atom. The molecule has 2 fully saturated rings. The Bertz CT molecular complexity index is 515. The van der Waals surface area contributed by atoms with E-state index >= 15 is 0 Å². The minimum Gasteiger partial charge on any atom is -0.497 e. The highest BCUT2D eigenvalue weighted by atomic mass is 16.5. The van der Waals surface area contributed by atoms with E-state index in [1.807, 2.05) is 12.1 Å². The number of nitrogens with zero attached hydrogens (tertiary/aromatic N) is 2. The number of carbonyl (C=O) groups excluding carboxylic acids is 1. The molecule has 1 aliphatic carbocycles. The summed E-state index contributed by atoms with van der Waals surface area (Å²) in [7, 11) is 1.70. The normalized spacial score (nSPS) is 19.6. The number of benzene rings is 1. The molecule has 1 aromatic carbocycles. The van der Waals surface area contributed by atoms with E-state index in [9.17, 15) is 4.79 Å². The molecule has 1 heterocycles. The number of rotatable bonds is 6. The van der Waals surface area contributed by atoms with Crippen molar-refractivity contribution in [1.82, 2.24) is 9.80 Å². The highest BCUT2D eigenvalue weighted by molar-refractivity contribution is 5.79. The molecule has 4 heteroatoms. The molecule has 0 spiro atoms. The molecule has 132 valence electrons. The van der Waals surface area contributed by atoms with Crippen LogP contribution in [0.5, 0.6) is 5.75 Å². The van der Waals surface area contributed by atoms with Gasteiger partial charge in [0.05, 0.1) is 7.11 Å². The van der Waals surface area contributed by atoms with Crippen LogP contribution >= 0.6 is 0 Å². The number of carbonyl (C=O) groups is 1. The number of amides is 1. The lowest BCUT2D eigenvalue weighted by atomic mass is 10.1. The Morgan fingerprint density at radius 2 is 1.75 bits per heavy atom. The van der Waals surface area contributed by atoms with Crippen molar-refractivity contribution in [1.29, 1.82) is 0 Å². The Kier molecular flexibility index (Phi) is 6.13. The summed E-state index contributed by atoms with van der Waals surface area (Å²) in [6.45, 7) is 5.01. The van der Waals surface area contributed by atoms with Gasteiger partial charge >= 0.3 is 0 Å². The topological polar surface area (TPSA) is 32.8 Å². The second kappa shape index (κ2) is 8.52. The Morgan fingerprint density at radius 3 is 2.38 bits per heavy atom. The third kappa shape index (κ3) is 4.50. The molecular formula is C20H30N2O2. The van der Waals surface area contributed by atoms with Gasteiger partial charge in [-0.2, -0.15) is 0 Å². The summed E-state index contributed by atoms with van der Waals surface area (Å²) in [6, 6.07) is 8.36. The third-order valence-electron chi connectivity index (χ3n) is 5.49. The van der Waals surface area contributed by atoms with E-state index in [0.717, 1.165) is 57.7 Å². The van der Waals surface area contributed by atoms with Gasteiger partial charge in [0, 0.05) is 32.1 Å². The lowest BCUT2D eigenvalue weighted by molar-refractivity contribution is -0.137. The van der Waals surface area contributed by atoms with Crippen molar-refractivity contribution in [2.24, 2.45) is 5.92 Å². The van der Waals surface area contributed by atoms with Gasteiger partial charge in [-0.05, 0) is 49.9 Å². The zero-order valence-electron chi connectivity index (χ0n) is 14.9. The second-order valence-corrected chi connectivity index (χ2v) is 7.10. The van der Waals surface area contributed by atoms with Crippen molar-refractivity contribution in [3.63, 3.8) is 0 Å². The van der Waals surface area contributed by atoms with Crippen molar-refractivity contribution in [3.05, 3.63) is 29.8 Å². The highest BCUT2D eigenvalue weighted by Crippen LogP contribution is 2.27. The number of methoxy groups -OCH3 is 1. The van der Waals surface area contributed by atoms with Gasteiger partial charge in [-0.25, -0.2) is 0 Å². The predicted octanol–water partition coefficient (Wildman–Crippen LogP) is 2.96. The van der Waals surface area contributed by atoms with Gasteiger partial charge in [0.15, 0.2) is 0 Å². The van der Waals surface area contributed by atoms with Crippen molar-refractivity contribution in [2.75, 3.05) is 39.8 Å². The number of piperazine rings is 1. The van der Waals surface area contributed by atoms with E-state index in [4.69, 9.17) is 4.74 Å². The number of hydrogen-bond acceptors (Lipinski definition) is 3. The summed E-state index contributed by atoms with van der Waals surface area (Å²) in [5, 5.41) is 0. The first-order valence-electron chi connectivity index (χ1n) is 9.40. The standard InChI is InChI=1S/C20H30N2O2/c1-24-19-10-8-17(9-11-19)5-4-12-21-13-15-22(16-14-21)20(23)18-6-2-3-7-18/h8-11,18H,2-7,12-16H2,1H3. The molecule has 0 radical (unpaired) electrons. The van der Waals surface area contributed by atoms with Crippen molar-refractivity contribution >= 4 is 5.91 Å². The molecule has 24 heavy (non-hydrogen) atoms. The molecule has 0 N–H and O–H groups in total. The van der Waals surface area contributed by atoms with Crippen molar-refractivity contribution < 1.29 is 9.53 Å². The van der Waals surface area contributed by atoms with Gasteiger partial charge in [0.1, 0.15) is 5.75 Å². The van der Waals surface area contributed by atoms with Crippen LogP contribution in [0.4, 0.5) is 0 Å². The van der Waals surface area contributed by atoms with Crippen LogP contribution in [0.15, 0.2) is 24.3 Å². The van der Waals surface area contributed by atoms with E-state index in [-0.39, 0.29) is 0 Å². The SMILES string of the molecule is COc1ccc(CCCN2CCN(C(=O)C3CCCC3)CC2)cc1. The smallest absolute Gasteiger partial charge is 0.225 e. The van der Waals surface area contributed by atoms with Crippen LogP contribution in [-0.2, 0) is 11.2 Å². The lowest BCUT2D eigenvalue weighted by Gasteiger charge is -2.36. The molecular weight excluding hydrogens is 300 g/mol. The Hall–Kier alpha value is -1.55. The van der Waals surface area contributed by atoms with Crippen LogP contribution in [0, 0.1) is 5.92 Å². The van der Waals surface area contributed by atoms with Crippen LogP contribution in [0.1, 0.15) is 37.7 Å². The van der Waals surface area contributed by atoms with Gasteiger partial charge in [-0.1, -0.05) is 25.0 Å². The van der Waals surface area contributed by atoms with Gasteiger partial charge in [0.25, 0.3) is 0 Å². The maximum Gasteiger partial charge on any atom is 0.225 e. The maximum absolute atomic E-state index is 12.5. The Labute approximate surface area is 145 Å². The second-order valence-electron chi connectivity index (χ2n) is 7.10. The molecule has 1 saturated heterocycles. The molecule has 4 nitrogen and oxygen atoms in total. The van der Waals surface area contributed by atoms with Crippen LogP contribution in [0.3, 0.4) is 0 Å². The number of hydrogen-bond donors (Lipinski definition) is 0. The number of ether oxygens (including phenoxy) is 1. The molecule has 1 amide bonds. The summed E-state index contributed by atoms with van der Waals surface area (Å²) in [4.78, 5) is 17.1. The minimum absolute atomic E-state index is 0.326. The molecule has 0 atom stereocenters. The first kappa shape index (κ1) is 17.3. The summed E-state index contributed by atoms with van der Waals surface area (Å²) < 4.78 is 5.19. The fourth-order valence-electron chi connectivity index (χ4n) is 3.92. The fraction of sp³-hybridized carbons (Fsp3) is 0.650. The average molecular weight is 330 g/mol. The van der Waals surface area contributed by atoms with E-state index in [1.54, 1.807) is 7.11 Å². The monoisotopic (exact) mass is 330 g/mol. The van der Waals surface area contributed by atoms with Crippen LogP contribution in [-0.4, -0.2) is 55.5 Å². The zero-order chi connectivity index (χ0) is 16.8. The lowest BCUT2D eigenvalue weighted by Crippen LogP contribution is -2.50. The quantitative estimate of drug-likeness (QED) is 0.804. The average Bonchev–Trinajstić information content (AvgIpc) is 3.17. The summed E-state index contributed by atoms with van der Waals surface area (Å²) in [6.07, 6.45) is 6.97. The number of aryl methyl sites for hydroxylation is 1. The van der Waals surface area contributed by atoms with Crippen LogP contribution in [0.25, 0.3) is 0 Å². The van der Waals surface area contributed by atoms with Crippen molar-refractivity contribution in [2.45, 2.75) is 38.5 Å². The van der Waals surface area contributed by atoms with Gasteiger partial charge < -0.3 is 9.64 Å². The molecule has 0 unspecified atom stereocenters. The maximum atomic E-state index is 12.5. The van der Waals surface area contributed by atoms with Gasteiger partial charge in [-0.3, -0.25) is 9.69 Å². The molecule has 1 saturated carbocycles. The first-order valence-corrected chi connectivity index (χ1v) is 9.40.